The van der Waals surface area contributed by atoms with Gasteiger partial charge >= 0.3 is 12.1 Å². The van der Waals surface area contributed by atoms with Crippen molar-refractivity contribution >= 4 is 23.4 Å². The highest BCUT2D eigenvalue weighted by molar-refractivity contribution is 5.91. The van der Waals surface area contributed by atoms with Crippen LogP contribution in [0.25, 0.3) is 0 Å². The van der Waals surface area contributed by atoms with E-state index in [2.05, 4.69) is 38.3 Å². The molecular formula is C31H48N4O2. The van der Waals surface area contributed by atoms with Crippen molar-refractivity contribution in [2.75, 3.05) is 36.8 Å². The Morgan fingerprint density at radius 3 is 1.22 bits per heavy atom. The van der Waals surface area contributed by atoms with E-state index in [9.17, 15) is 9.59 Å². The normalized spacial score (nSPS) is 10.7. The molecule has 0 aromatic heterocycles. The van der Waals surface area contributed by atoms with Crippen molar-refractivity contribution in [1.82, 2.24) is 9.80 Å². The monoisotopic (exact) mass is 508 g/mol. The molecule has 0 aliphatic heterocycles. The molecule has 0 bridgehead atoms. The Balaban J connectivity index is 2.18. The molecule has 0 radical (unpaired) electrons. The van der Waals surface area contributed by atoms with E-state index in [0.717, 1.165) is 100 Å². The molecule has 2 aromatic rings. The van der Waals surface area contributed by atoms with Gasteiger partial charge in [0.2, 0.25) is 0 Å². The second-order valence-corrected chi connectivity index (χ2v) is 9.74. The van der Waals surface area contributed by atoms with Gasteiger partial charge in [0.25, 0.3) is 0 Å². The molecule has 2 rings (SSSR count). The lowest BCUT2D eigenvalue weighted by molar-refractivity contribution is 0.209. The van der Waals surface area contributed by atoms with Gasteiger partial charge in [-0.15, -0.1) is 0 Å². The fourth-order valence-corrected chi connectivity index (χ4v) is 4.21. The van der Waals surface area contributed by atoms with Crippen LogP contribution in [0.2, 0.25) is 0 Å². The highest BCUT2D eigenvalue weighted by Gasteiger charge is 2.17. The number of amides is 4. The number of carbonyl (C=O) groups is 2. The Morgan fingerprint density at radius 2 is 0.892 bits per heavy atom. The van der Waals surface area contributed by atoms with Crippen molar-refractivity contribution in [3.8, 4) is 0 Å². The maximum Gasteiger partial charge on any atom is 0.321 e. The van der Waals surface area contributed by atoms with Crippen LogP contribution < -0.4 is 10.6 Å². The molecule has 2 N–H and O–H groups in total. The Hall–Kier alpha value is -3.02. The molecular weight excluding hydrogens is 460 g/mol. The Labute approximate surface area is 224 Å². The number of nitrogens with zero attached hydrogens (tertiary/aromatic N) is 2. The van der Waals surface area contributed by atoms with Crippen LogP contribution in [0.15, 0.2) is 48.5 Å². The average molecular weight is 509 g/mol. The molecule has 0 atom stereocenters. The summed E-state index contributed by atoms with van der Waals surface area (Å²) < 4.78 is 0. The topological polar surface area (TPSA) is 64.7 Å². The molecule has 0 aliphatic rings. The fourth-order valence-electron chi connectivity index (χ4n) is 4.21. The molecule has 0 unspecified atom stereocenters. The summed E-state index contributed by atoms with van der Waals surface area (Å²) in [5.41, 5.74) is 3.69. The zero-order valence-corrected chi connectivity index (χ0v) is 23.5. The molecule has 204 valence electrons. The first-order valence-corrected chi connectivity index (χ1v) is 14.3. The molecule has 0 saturated carbocycles. The van der Waals surface area contributed by atoms with Gasteiger partial charge in [0.15, 0.2) is 0 Å². The van der Waals surface area contributed by atoms with E-state index >= 15 is 0 Å². The van der Waals surface area contributed by atoms with Gasteiger partial charge in [-0.1, -0.05) is 89.8 Å². The summed E-state index contributed by atoms with van der Waals surface area (Å²) in [5.74, 6) is 0. The minimum Gasteiger partial charge on any atom is -0.325 e. The zero-order chi connectivity index (χ0) is 26.9. The smallest absolute Gasteiger partial charge is 0.321 e. The van der Waals surface area contributed by atoms with Crippen LogP contribution in [-0.4, -0.2) is 48.0 Å². The number of hydrogen-bond acceptors (Lipinski definition) is 2. The second kappa shape index (κ2) is 17.4. The number of urea groups is 2. The van der Waals surface area contributed by atoms with E-state index in [1.165, 1.54) is 0 Å². The fraction of sp³-hybridized carbons (Fsp3) is 0.548. The number of anilines is 2. The molecule has 0 saturated heterocycles. The van der Waals surface area contributed by atoms with Crippen LogP contribution in [0, 0.1) is 0 Å². The third-order valence-electron chi connectivity index (χ3n) is 6.60. The van der Waals surface area contributed by atoms with E-state index in [-0.39, 0.29) is 12.1 Å². The van der Waals surface area contributed by atoms with E-state index in [1.807, 2.05) is 58.3 Å². The first-order chi connectivity index (χ1) is 18.0. The Kier molecular flexibility index (Phi) is 14.2. The summed E-state index contributed by atoms with van der Waals surface area (Å²) in [7, 11) is 0. The van der Waals surface area contributed by atoms with Gasteiger partial charge in [0.05, 0.1) is 0 Å². The first kappa shape index (κ1) is 30.2. The van der Waals surface area contributed by atoms with E-state index in [0.29, 0.717) is 6.42 Å². The van der Waals surface area contributed by atoms with Gasteiger partial charge in [-0.3, -0.25) is 0 Å². The van der Waals surface area contributed by atoms with Gasteiger partial charge in [0, 0.05) is 44.0 Å². The predicted molar refractivity (Wildman–Crippen MR) is 157 cm³/mol. The van der Waals surface area contributed by atoms with Crippen LogP contribution in [0.3, 0.4) is 0 Å². The van der Waals surface area contributed by atoms with Crippen LogP contribution in [0.5, 0.6) is 0 Å². The molecule has 2 aromatic carbocycles. The molecule has 0 aliphatic carbocycles. The Bertz CT molecular complexity index is 855. The second-order valence-electron chi connectivity index (χ2n) is 9.74. The minimum absolute atomic E-state index is 0.0431. The molecule has 37 heavy (non-hydrogen) atoms. The molecule has 0 heterocycles. The lowest BCUT2D eigenvalue weighted by Crippen LogP contribution is -2.37. The van der Waals surface area contributed by atoms with Crippen molar-refractivity contribution in [2.45, 2.75) is 85.5 Å². The number of nitrogens with one attached hydrogen (secondary N) is 2. The van der Waals surface area contributed by atoms with Crippen molar-refractivity contribution in [2.24, 2.45) is 0 Å². The van der Waals surface area contributed by atoms with Gasteiger partial charge < -0.3 is 20.4 Å². The molecule has 6 heteroatoms. The lowest BCUT2D eigenvalue weighted by Gasteiger charge is -2.24. The minimum atomic E-state index is -0.0431. The van der Waals surface area contributed by atoms with Gasteiger partial charge in [-0.2, -0.15) is 0 Å². The highest BCUT2D eigenvalue weighted by Crippen LogP contribution is 2.25. The van der Waals surface area contributed by atoms with E-state index in [4.69, 9.17) is 0 Å². The largest absolute Gasteiger partial charge is 0.325 e. The SMILES string of the molecule is CCCCN(CCCC)C(=O)Nc1ccccc1Cc1ccccc1NC(=O)N(CCCC)CCCC. The van der Waals surface area contributed by atoms with Crippen LogP contribution in [-0.2, 0) is 6.42 Å². The summed E-state index contributed by atoms with van der Waals surface area (Å²) in [4.78, 5) is 30.1. The number of carbonyl (C=O) groups excluding carboxylic acids is 2. The number of rotatable bonds is 16. The first-order valence-electron chi connectivity index (χ1n) is 14.3. The number of para-hydroxylation sites is 2. The number of unbranched alkanes of at least 4 members (excludes halogenated alkanes) is 4. The Morgan fingerprint density at radius 1 is 0.568 bits per heavy atom. The van der Waals surface area contributed by atoms with Crippen molar-refractivity contribution in [3.63, 3.8) is 0 Å². The average Bonchev–Trinajstić information content (AvgIpc) is 2.91. The van der Waals surface area contributed by atoms with Crippen molar-refractivity contribution in [1.29, 1.82) is 0 Å². The maximum absolute atomic E-state index is 13.1. The van der Waals surface area contributed by atoms with Crippen LogP contribution in [0.1, 0.15) is 90.2 Å². The number of benzene rings is 2. The van der Waals surface area contributed by atoms with Gasteiger partial charge in [0.1, 0.15) is 0 Å². The lowest BCUT2D eigenvalue weighted by atomic mass is 10.0. The summed E-state index contributed by atoms with van der Waals surface area (Å²) in [6.45, 7) is 11.7. The number of hydrogen-bond donors (Lipinski definition) is 2. The van der Waals surface area contributed by atoms with Crippen molar-refractivity contribution < 1.29 is 9.59 Å². The zero-order valence-electron chi connectivity index (χ0n) is 23.5. The van der Waals surface area contributed by atoms with Crippen LogP contribution in [0.4, 0.5) is 21.0 Å². The summed E-state index contributed by atoms with van der Waals surface area (Å²) in [5, 5.41) is 6.33. The third-order valence-corrected chi connectivity index (χ3v) is 6.60. The maximum atomic E-state index is 13.1. The summed E-state index contributed by atoms with van der Waals surface area (Å²) in [6.07, 6.45) is 8.84. The quantitative estimate of drug-likeness (QED) is 0.240. The molecule has 0 fully saturated rings. The summed E-state index contributed by atoms with van der Waals surface area (Å²) in [6, 6.07) is 15.8. The molecule has 6 nitrogen and oxygen atoms in total. The van der Waals surface area contributed by atoms with Crippen LogP contribution >= 0.6 is 0 Å². The molecule has 0 spiro atoms. The highest BCUT2D eigenvalue weighted by atomic mass is 16.2. The van der Waals surface area contributed by atoms with Gasteiger partial charge in [-0.25, -0.2) is 9.59 Å². The standard InChI is InChI=1S/C31H48N4O2/c1-5-9-21-34(22-10-6-2)30(36)32-28-19-15-13-17-26(28)25-27-18-14-16-20-29(27)33-31(37)35(23-11-7-3)24-12-8-4/h13-20H,5-12,21-25H2,1-4H3,(H,32,36)(H,33,37). The summed E-state index contributed by atoms with van der Waals surface area (Å²) >= 11 is 0. The van der Waals surface area contributed by atoms with Gasteiger partial charge in [-0.05, 0) is 48.9 Å². The molecule has 4 amide bonds. The van der Waals surface area contributed by atoms with E-state index < -0.39 is 0 Å². The third kappa shape index (κ3) is 10.5. The van der Waals surface area contributed by atoms with Crippen molar-refractivity contribution in [3.05, 3.63) is 59.7 Å². The van der Waals surface area contributed by atoms with E-state index in [1.54, 1.807) is 0 Å². The predicted octanol–water partition coefficient (Wildman–Crippen LogP) is 8.15.